The van der Waals surface area contributed by atoms with Crippen LogP contribution in [0.25, 0.3) is 11.5 Å². The smallest absolute Gasteiger partial charge is 0.308 e. The zero-order valence-corrected chi connectivity index (χ0v) is 22.6. The lowest BCUT2D eigenvalue weighted by Gasteiger charge is -2.31. The molecule has 0 aliphatic carbocycles. The van der Waals surface area contributed by atoms with Gasteiger partial charge in [0.05, 0.1) is 29.7 Å². The van der Waals surface area contributed by atoms with Gasteiger partial charge < -0.3 is 14.8 Å². The first-order valence-corrected chi connectivity index (χ1v) is 13.9. The largest absolute Gasteiger partial charge is 0.322 e. The van der Waals surface area contributed by atoms with Crippen LogP contribution in [-0.2, 0) is 6.54 Å². The van der Waals surface area contributed by atoms with Gasteiger partial charge in [-0.1, -0.05) is 48.0 Å². The van der Waals surface area contributed by atoms with E-state index in [2.05, 4.69) is 16.0 Å². The van der Waals surface area contributed by atoms with E-state index < -0.39 is 0 Å². The lowest BCUT2D eigenvalue weighted by molar-refractivity contribution is 0.194. The number of para-hydroxylation sites is 1. The Balaban J connectivity index is 1.52. The number of amides is 2. The topological polar surface area (TPSA) is 55.1 Å². The maximum Gasteiger partial charge on any atom is 0.322 e. The van der Waals surface area contributed by atoms with Crippen LogP contribution >= 0.6 is 23.4 Å². The monoisotopic (exact) mass is 539 g/mol. The summed E-state index contributed by atoms with van der Waals surface area (Å²) in [6.07, 6.45) is 4.06. The van der Waals surface area contributed by atoms with Gasteiger partial charge in [-0.05, 0) is 73.3 Å². The molecule has 1 aliphatic rings. The number of hydrogen-bond donors (Lipinski definition) is 1. The fraction of sp³-hybridized carbons (Fsp3) is 0.133. The van der Waals surface area contributed by atoms with E-state index in [1.54, 1.807) is 11.8 Å². The fourth-order valence-electron chi connectivity index (χ4n) is 5.07. The number of nitrogens with one attached hydrogen (secondary N) is 1. The second kappa shape index (κ2) is 10.1. The van der Waals surface area contributed by atoms with E-state index in [9.17, 15) is 4.79 Å². The number of aryl methyl sites for hydroxylation is 1. The molecule has 1 N–H and O–H groups in total. The molecule has 1 atom stereocenters. The molecule has 3 heterocycles. The summed E-state index contributed by atoms with van der Waals surface area (Å²) in [5.74, 6) is 0.931. The van der Waals surface area contributed by atoms with Crippen molar-refractivity contribution in [2.45, 2.75) is 24.4 Å². The van der Waals surface area contributed by atoms with Gasteiger partial charge in [-0.2, -0.15) is 5.10 Å². The average molecular weight is 540 g/mol. The molecular weight excluding hydrogens is 514 g/mol. The number of urea groups is 1. The first-order valence-electron chi connectivity index (χ1n) is 12.3. The van der Waals surface area contributed by atoms with Crippen LogP contribution in [0.5, 0.6) is 0 Å². The van der Waals surface area contributed by atoms with E-state index in [0.29, 0.717) is 11.6 Å². The zero-order chi connectivity index (χ0) is 26.2. The maximum atomic E-state index is 14.1. The number of hydrogen-bond acceptors (Lipinski definition) is 3. The number of anilines is 1. The summed E-state index contributed by atoms with van der Waals surface area (Å²) in [5.41, 5.74) is 5.47. The summed E-state index contributed by atoms with van der Waals surface area (Å²) in [6.45, 7) is 2.38. The molecule has 6 nitrogen and oxygen atoms in total. The molecule has 1 aliphatic heterocycles. The SMILES string of the molecule is CSc1cccc(NC(=O)N2Cc3c(C)nn(-c4ccccc4)c3-n3cccc3C2c2cccc(Cl)c2)c1. The van der Waals surface area contributed by atoms with E-state index in [1.807, 2.05) is 114 Å². The molecular formula is C30H26ClN5OS. The second-order valence-electron chi connectivity index (χ2n) is 9.19. The van der Waals surface area contributed by atoms with Crippen LogP contribution < -0.4 is 5.32 Å². The van der Waals surface area contributed by atoms with Gasteiger partial charge in [0.1, 0.15) is 5.82 Å². The number of rotatable bonds is 4. The Hall–Kier alpha value is -3.94. The molecule has 8 heteroatoms. The molecule has 2 aromatic heterocycles. The third-order valence-corrected chi connectivity index (χ3v) is 7.79. The number of nitrogens with zero attached hydrogens (tertiary/aromatic N) is 4. The highest BCUT2D eigenvalue weighted by Gasteiger charge is 2.36. The van der Waals surface area contributed by atoms with Crippen molar-refractivity contribution in [1.29, 1.82) is 0 Å². The molecule has 5 aromatic rings. The summed E-state index contributed by atoms with van der Waals surface area (Å²) >= 11 is 8.09. The molecule has 38 heavy (non-hydrogen) atoms. The van der Waals surface area contributed by atoms with Crippen molar-refractivity contribution in [3.05, 3.63) is 125 Å². The minimum absolute atomic E-state index is 0.194. The second-order valence-corrected chi connectivity index (χ2v) is 10.5. The van der Waals surface area contributed by atoms with Gasteiger partial charge in [-0.3, -0.25) is 0 Å². The third-order valence-electron chi connectivity index (χ3n) is 6.83. The van der Waals surface area contributed by atoms with E-state index >= 15 is 0 Å². The molecule has 0 spiro atoms. The summed E-state index contributed by atoms with van der Waals surface area (Å²) in [7, 11) is 0. The summed E-state index contributed by atoms with van der Waals surface area (Å²) in [4.78, 5) is 17.0. The predicted molar refractivity (Wildman–Crippen MR) is 154 cm³/mol. The highest BCUT2D eigenvalue weighted by molar-refractivity contribution is 7.98. The normalized spacial score (nSPS) is 14.5. The van der Waals surface area contributed by atoms with Gasteiger partial charge in [-0.15, -0.1) is 11.8 Å². The Morgan fingerprint density at radius 2 is 1.82 bits per heavy atom. The maximum absolute atomic E-state index is 14.1. The number of halogens is 1. The Morgan fingerprint density at radius 3 is 2.61 bits per heavy atom. The number of benzene rings is 3. The number of thioether (sulfide) groups is 1. The van der Waals surface area contributed by atoms with E-state index in [-0.39, 0.29) is 12.1 Å². The summed E-state index contributed by atoms with van der Waals surface area (Å²) in [6, 6.07) is 29.2. The van der Waals surface area contributed by atoms with Crippen molar-refractivity contribution in [2.75, 3.05) is 11.6 Å². The molecule has 0 saturated heterocycles. The number of aromatic nitrogens is 3. The quantitative estimate of drug-likeness (QED) is 0.241. The molecule has 2 amide bonds. The van der Waals surface area contributed by atoms with Gasteiger partial charge in [-0.25, -0.2) is 9.48 Å². The average Bonchev–Trinajstić information content (AvgIpc) is 3.49. The lowest BCUT2D eigenvalue weighted by atomic mass is 10.0. The predicted octanol–water partition coefficient (Wildman–Crippen LogP) is 7.48. The van der Waals surface area contributed by atoms with Crippen molar-refractivity contribution in [3.63, 3.8) is 0 Å². The van der Waals surface area contributed by atoms with Crippen LogP contribution in [0.15, 0.2) is 102 Å². The van der Waals surface area contributed by atoms with Crippen LogP contribution in [0, 0.1) is 6.92 Å². The number of carbonyl (C=O) groups excluding carboxylic acids is 1. The highest BCUT2D eigenvalue weighted by Crippen LogP contribution is 2.39. The summed E-state index contributed by atoms with van der Waals surface area (Å²) < 4.78 is 4.11. The number of fused-ring (bicyclic) bond motifs is 3. The first-order chi connectivity index (χ1) is 18.5. The van der Waals surface area contributed by atoms with Crippen molar-refractivity contribution in [3.8, 4) is 11.5 Å². The molecule has 0 bridgehead atoms. The standard InChI is InChI=1S/C30H26ClN5OS/c1-20-26-19-35(30(37)32-23-11-7-14-25(18-23)38-2)28(21-9-6-10-22(31)17-21)27-15-8-16-34(27)29(26)36(33-20)24-12-4-3-5-13-24/h3-18,28H,19H2,1-2H3,(H,32,37). The van der Waals surface area contributed by atoms with Crippen LogP contribution in [-0.4, -0.2) is 31.5 Å². The van der Waals surface area contributed by atoms with Crippen molar-refractivity contribution in [2.24, 2.45) is 0 Å². The van der Waals surface area contributed by atoms with Crippen LogP contribution in [0.3, 0.4) is 0 Å². The van der Waals surface area contributed by atoms with E-state index in [0.717, 1.165) is 44.6 Å². The lowest BCUT2D eigenvalue weighted by Crippen LogP contribution is -2.38. The molecule has 190 valence electrons. The third kappa shape index (κ3) is 4.38. The van der Waals surface area contributed by atoms with Gasteiger partial charge in [0.2, 0.25) is 0 Å². The van der Waals surface area contributed by atoms with Crippen molar-refractivity contribution < 1.29 is 4.79 Å². The van der Waals surface area contributed by atoms with Crippen molar-refractivity contribution >= 4 is 35.1 Å². The number of carbonyl (C=O) groups is 1. The summed E-state index contributed by atoms with van der Waals surface area (Å²) in [5, 5.41) is 8.68. The van der Waals surface area contributed by atoms with E-state index in [1.165, 1.54) is 0 Å². The molecule has 0 radical (unpaired) electrons. The van der Waals surface area contributed by atoms with Gasteiger partial charge >= 0.3 is 6.03 Å². The van der Waals surface area contributed by atoms with Crippen molar-refractivity contribution in [1.82, 2.24) is 19.2 Å². The molecule has 3 aromatic carbocycles. The Bertz CT molecular complexity index is 1630. The molecule has 6 rings (SSSR count). The Kier molecular flexibility index (Phi) is 6.47. The zero-order valence-electron chi connectivity index (χ0n) is 21.0. The molecule has 1 unspecified atom stereocenters. The van der Waals surface area contributed by atoms with Crippen LogP contribution in [0.1, 0.15) is 28.6 Å². The fourth-order valence-corrected chi connectivity index (χ4v) is 5.73. The highest BCUT2D eigenvalue weighted by atomic mass is 35.5. The van der Waals surface area contributed by atoms with Crippen LogP contribution in [0.2, 0.25) is 5.02 Å². The molecule has 0 fully saturated rings. The first kappa shape index (κ1) is 24.4. The van der Waals surface area contributed by atoms with Gasteiger partial charge in [0.25, 0.3) is 0 Å². The minimum Gasteiger partial charge on any atom is -0.308 e. The Morgan fingerprint density at radius 1 is 1.00 bits per heavy atom. The minimum atomic E-state index is -0.372. The van der Waals surface area contributed by atoms with Crippen LogP contribution in [0.4, 0.5) is 10.5 Å². The van der Waals surface area contributed by atoms with Gasteiger partial charge in [0.15, 0.2) is 0 Å². The molecule has 0 saturated carbocycles. The van der Waals surface area contributed by atoms with E-state index in [4.69, 9.17) is 16.7 Å². The van der Waals surface area contributed by atoms with Gasteiger partial charge in [0, 0.05) is 27.4 Å². The Labute approximate surface area is 230 Å².